The Kier molecular flexibility index (Phi) is 4.47. The van der Waals surface area contributed by atoms with Gasteiger partial charge in [-0.25, -0.2) is 4.57 Å². The Labute approximate surface area is 88.9 Å². The minimum atomic E-state index is -1.07. The quantitative estimate of drug-likeness (QED) is 0.484. The highest BCUT2D eigenvalue weighted by molar-refractivity contribution is 5.79. The van der Waals surface area contributed by atoms with E-state index in [9.17, 15) is 9.90 Å². The number of carboxylic acid groups (broad SMARTS) is 1. The van der Waals surface area contributed by atoms with Crippen LogP contribution in [0.4, 0.5) is 0 Å². The smallest absolute Gasteiger partial charge is 0.169 e. The van der Waals surface area contributed by atoms with Crippen LogP contribution in [-0.4, -0.2) is 18.7 Å². The highest BCUT2D eigenvalue weighted by atomic mass is 16.4. The minimum Gasteiger partial charge on any atom is -0.550 e. The molecule has 4 heteroatoms. The Morgan fingerprint density at radius 3 is 2.73 bits per heavy atom. The minimum absolute atomic E-state index is 0.0295. The van der Waals surface area contributed by atoms with E-state index in [2.05, 4.69) is 11.9 Å². The average Bonchev–Trinajstić information content (AvgIpc) is 2.25. The number of aromatic nitrogens is 1. The van der Waals surface area contributed by atoms with Crippen LogP contribution in [0, 0.1) is 0 Å². The zero-order valence-electron chi connectivity index (χ0n) is 8.72. The van der Waals surface area contributed by atoms with E-state index in [0.29, 0.717) is 0 Å². The molecule has 0 atom stereocenters. The molecule has 15 heavy (non-hydrogen) atoms. The molecule has 0 aliphatic carbocycles. The lowest BCUT2D eigenvalue weighted by Gasteiger charge is -1.96. The van der Waals surface area contributed by atoms with Crippen LogP contribution in [0.15, 0.2) is 29.5 Å². The van der Waals surface area contributed by atoms with E-state index < -0.39 is 5.97 Å². The maximum atomic E-state index is 10.1. The van der Waals surface area contributed by atoms with Gasteiger partial charge in [0.2, 0.25) is 0 Å². The number of carbonyl (C=O) groups excluding carboxylic acids is 1. The highest BCUT2D eigenvalue weighted by Gasteiger charge is 1.94. The van der Waals surface area contributed by atoms with E-state index in [1.165, 1.54) is 0 Å². The van der Waals surface area contributed by atoms with Crippen molar-refractivity contribution in [2.75, 3.05) is 6.54 Å². The lowest BCUT2D eigenvalue weighted by Crippen LogP contribution is -2.30. The van der Waals surface area contributed by atoms with Crippen molar-refractivity contribution >= 4 is 12.2 Å². The second-order valence-corrected chi connectivity index (χ2v) is 3.12. The van der Waals surface area contributed by atoms with Crippen molar-refractivity contribution in [3.05, 3.63) is 30.1 Å². The Bertz CT molecular complexity index is 344. The summed E-state index contributed by atoms with van der Waals surface area (Å²) in [5.74, 6) is -1.07. The number of carbonyl (C=O) groups is 1. The number of rotatable bonds is 5. The fraction of sp³-hybridized carbons (Fsp3) is 0.364. The van der Waals surface area contributed by atoms with E-state index in [1.54, 1.807) is 6.21 Å². The second kappa shape index (κ2) is 5.90. The third-order valence-corrected chi connectivity index (χ3v) is 1.97. The summed E-state index contributed by atoms with van der Waals surface area (Å²) in [6.45, 7) is 3.26. The van der Waals surface area contributed by atoms with Gasteiger partial charge in [0.1, 0.15) is 6.54 Å². The zero-order chi connectivity index (χ0) is 11.1. The topological polar surface area (TPSA) is 56.4 Å². The van der Waals surface area contributed by atoms with Crippen LogP contribution >= 0.6 is 0 Å². The first-order chi connectivity index (χ1) is 7.22. The average molecular weight is 206 g/mol. The molecular formula is C11H14N2O2. The fourth-order valence-corrected chi connectivity index (χ4v) is 1.09. The molecule has 0 unspecified atom stereocenters. The Hall–Kier alpha value is -1.71. The number of aliphatic carboxylic acids is 1. The first-order valence-corrected chi connectivity index (χ1v) is 4.91. The van der Waals surface area contributed by atoms with Crippen molar-refractivity contribution in [1.82, 2.24) is 0 Å². The molecule has 0 amide bonds. The molecule has 0 aliphatic rings. The molecule has 0 spiro atoms. The van der Waals surface area contributed by atoms with Crippen LogP contribution in [0.2, 0.25) is 0 Å². The number of carboxylic acids is 1. The van der Waals surface area contributed by atoms with Crippen LogP contribution in [0.3, 0.4) is 0 Å². The van der Waals surface area contributed by atoms with E-state index in [4.69, 9.17) is 0 Å². The molecule has 0 aromatic carbocycles. The Morgan fingerprint density at radius 2 is 2.20 bits per heavy atom. The maximum Gasteiger partial charge on any atom is 0.169 e. The number of hydrogen-bond acceptors (Lipinski definition) is 3. The standard InChI is InChI=1S/C11H14N2O2/c1-2-13-7-4-10(5-8-13)9-12-6-3-11(14)15/h4-5,7-9H,2-3,6H2,1H3. The number of hydrogen-bond donors (Lipinski definition) is 0. The van der Waals surface area contributed by atoms with Crippen LogP contribution in [0.5, 0.6) is 0 Å². The van der Waals surface area contributed by atoms with Crippen molar-refractivity contribution in [3.8, 4) is 0 Å². The van der Waals surface area contributed by atoms with E-state index >= 15 is 0 Å². The molecule has 0 aliphatic heterocycles. The molecule has 0 N–H and O–H groups in total. The summed E-state index contributed by atoms with van der Waals surface area (Å²) < 4.78 is 2.04. The number of aryl methyl sites for hydroxylation is 1. The summed E-state index contributed by atoms with van der Waals surface area (Å²) in [4.78, 5) is 14.1. The third kappa shape index (κ3) is 4.35. The summed E-state index contributed by atoms with van der Waals surface area (Å²) in [7, 11) is 0. The molecule has 1 aromatic rings. The van der Waals surface area contributed by atoms with Crippen molar-refractivity contribution in [3.63, 3.8) is 0 Å². The molecule has 1 aromatic heterocycles. The van der Waals surface area contributed by atoms with Crippen molar-refractivity contribution in [2.24, 2.45) is 4.99 Å². The van der Waals surface area contributed by atoms with Gasteiger partial charge in [0.15, 0.2) is 12.4 Å². The van der Waals surface area contributed by atoms with Crippen LogP contribution < -0.4 is 9.67 Å². The third-order valence-electron chi connectivity index (χ3n) is 1.97. The van der Waals surface area contributed by atoms with Crippen molar-refractivity contribution < 1.29 is 14.5 Å². The monoisotopic (exact) mass is 206 g/mol. The molecule has 0 saturated heterocycles. The Morgan fingerprint density at radius 1 is 1.53 bits per heavy atom. The first-order valence-electron chi connectivity index (χ1n) is 4.91. The van der Waals surface area contributed by atoms with Crippen molar-refractivity contribution in [2.45, 2.75) is 19.9 Å². The SMILES string of the molecule is CC[n+]1ccc(C=NCCC(=O)[O-])cc1. The summed E-state index contributed by atoms with van der Waals surface area (Å²) in [6, 6.07) is 3.87. The van der Waals surface area contributed by atoms with E-state index in [-0.39, 0.29) is 13.0 Å². The summed E-state index contributed by atoms with van der Waals surface area (Å²) in [5.41, 5.74) is 0.970. The molecular weight excluding hydrogens is 192 g/mol. The molecule has 1 rings (SSSR count). The summed E-state index contributed by atoms with van der Waals surface area (Å²) in [6.07, 6.45) is 5.56. The van der Waals surface area contributed by atoms with Gasteiger partial charge in [0.25, 0.3) is 0 Å². The molecule has 0 fully saturated rings. The van der Waals surface area contributed by atoms with Gasteiger partial charge >= 0.3 is 0 Å². The second-order valence-electron chi connectivity index (χ2n) is 3.12. The van der Waals surface area contributed by atoms with Gasteiger partial charge in [-0.15, -0.1) is 0 Å². The van der Waals surface area contributed by atoms with Gasteiger partial charge in [-0.3, -0.25) is 4.99 Å². The molecule has 0 radical (unpaired) electrons. The molecule has 4 nitrogen and oxygen atoms in total. The number of aliphatic imine (C=N–C) groups is 1. The summed E-state index contributed by atoms with van der Waals surface area (Å²) >= 11 is 0. The van der Waals surface area contributed by atoms with Gasteiger partial charge in [-0.1, -0.05) is 0 Å². The first kappa shape index (κ1) is 11.4. The Balaban J connectivity index is 2.46. The lowest BCUT2D eigenvalue weighted by atomic mass is 10.3. The van der Waals surface area contributed by atoms with Gasteiger partial charge in [-0.05, 0) is 6.92 Å². The summed E-state index contributed by atoms with van der Waals surface area (Å²) in [5, 5.41) is 10.1. The normalized spacial score (nSPS) is 10.7. The fourth-order valence-electron chi connectivity index (χ4n) is 1.09. The lowest BCUT2D eigenvalue weighted by molar-refractivity contribution is -0.693. The van der Waals surface area contributed by atoms with Gasteiger partial charge in [-0.2, -0.15) is 0 Å². The van der Waals surface area contributed by atoms with Gasteiger partial charge in [0, 0.05) is 42.8 Å². The number of nitrogens with zero attached hydrogens (tertiary/aromatic N) is 2. The van der Waals surface area contributed by atoms with E-state index in [0.717, 1.165) is 12.1 Å². The van der Waals surface area contributed by atoms with Gasteiger partial charge in [0.05, 0.1) is 0 Å². The molecule has 1 heterocycles. The van der Waals surface area contributed by atoms with E-state index in [1.807, 2.05) is 29.1 Å². The van der Waals surface area contributed by atoms with Crippen LogP contribution in [0.1, 0.15) is 18.9 Å². The van der Waals surface area contributed by atoms with Crippen LogP contribution in [-0.2, 0) is 11.3 Å². The molecule has 80 valence electrons. The predicted molar refractivity (Wildman–Crippen MR) is 54.4 cm³/mol. The largest absolute Gasteiger partial charge is 0.550 e. The molecule has 0 bridgehead atoms. The molecule has 0 saturated carbocycles. The maximum absolute atomic E-state index is 10.1. The van der Waals surface area contributed by atoms with Gasteiger partial charge < -0.3 is 9.90 Å². The predicted octanol–water partition coefficient (Wildman–Crippen LogP) is -0.447. The van der Waals surface area contributed by atoms with Crippen LogP contribution in [0.25, 0.3) is 0 Å². The number of pyridine rings is 1. The zero-order valence-corrected chi connectivity index (χ0v) is 8.72. The van der Waals surface area contributed by atoms with Crippen molar-refractivity contribution in [1.29, 1.82) is 0 Å². The highest BCUT2D eigenvalue weighted by Crippen LogP contribution is 1.91.